The van der Waals surface area contributed by atoms with Gasteiger partial charge in [-0.1, -0.05) is 30.3 Å². The summed E-state index contributed by atoms with van der Waals surface area (Å²) in [5.41, 5.74) is 3.09. The van der Waals surface area contributed by atoms with Crippen molar-refractivity contribution in [2.45, 2.75) is 13.3 Å². The quantitative estimate of drug-likeness (QED) is 0.333. The van der Waals surface area contributed by atoms with Gasteiger partial charge in [0.05, 0.1) is 5.56 Å². The zero-order valence-corrected chi connectivity index (χ0v) is 18.3. The molecule has 1 heterocycles. The Balaban J connectivity index is 1.30. The fourth-order valence-corrected chi connectivity index (χ4v) is 3.57. The topological polar surface area (TPSA) is 66.3 Å². The monoisotopic (exact) mass is 447 g/mol. The van der Waals surface area contributed by atoms with Gasteiger partial charge in [0.1, 0.15) is 17.2 Å². The second-order valence-electron chi connectivity index (χ2n) is 7.35. The maximum Gasteiger partial charge on any atom is 0.258 e. The van der Waals surface area contributed by atoms with Gasteiger partial charge < -0.3 is 20.4 Å². The number of anilines is 2. The number of fused-ring (bicyclic) bond motifs is 1. The Morgan fingerprint density at radius 3 is 2.56 bits per heavy atom. The largest absolute Gasteiger partial charge is 0.461 e. The molecule has 0 aliphatic rings. The predicted molar refractivity (Wildman–Crippen MR) is 130 cm³/mol. The van der Waals surface area contributed by atoms with Crippen LogP contribution in [0.2, 0.25) is 0 Å². The Kier molecular flexibility index (Phi) is 6.47. The number of rotatable bonds is 6. The first kappa shape index (κ1) is 21.5. The van der Waals surface area contributed by atoms with Crippen molar-refractivity contribution in [2.75, 3.05) is 17.2 Å². The van der Waals surface area contributed by atoms with Gasteiger partial charge in [-0.25, -0.2) is 4.39 Å². The molecule has 0 aliphatic heterocycles. The summed E-state index contributed by atoms with van der Waals surface area (Å²) in [4.78, 5) is 12.3. The van der Waals surface area contributed by atoms with Gasteiger partial charge in [-0.3, -0.25) is 4.79 Å². The highest BCUT2D eigenvalue weighted by Crippen LogP contribution is 2.21. The highest BCUT2D eigenvalue weighted by Gasteiger charge is 2.12. The van der Waals surface area contributed by atoms with Crippen molar-refractivity contribution in [2.24, 2.45) is 0 Å². The van der Waals surface area contributed by atoms with Crippen LogP contribution >= 0.6 is 12.2 Å². The standard InChI is InChI=1S/C25H22FN3O2S/c1-16-14-18(10-11-22(16)29-24(30)20-7-3-4-8-21(20)26)28-25(32)27-13-12-19-15-17-6-2-5-9-23(17)31-19/h2-11,14-15H,12-13H2,1H3,(H,29,30)(H2,27,28,32). The van der Waals surface area contributed by atoms with Crippen LogP contribution in [-0.4, -0.2) is 17.6 Å². The van der Waals surface area contributed by atoms with E-state index in [2.05, 4.69) is 16.0 Å². The summed E-state index contributed by atoms with van der Waals surface area (Å²) in [6.07, 6.45) is 0.705. The molecule has 0 aliphatic carbocycles. The molecule has 4 rings (SSSR count). The number of carbonyl (C=O) groups excluding carboxylic acids is 1. The normalized spacial score (nSPS) is 10.7. The number of furan rings is 1. The maximum absolute atomic E-state index is 13.8. The van der Waals surface area contributed by atoms with Gasteiger partial charge in [0, 0.05) is 29.7 Å². The van der Waals surface area contributed by atoms with Crippen molar-refractivity contribution in [3.8, 4) is 0 Å². The Labute approximate surface area is 190 Å². The molecule has 7 heteroatoms. The minimum Gasteiger partial charge on any atom is -0.461 e. The third-order valence-electron chi connectivity index (χ3n) is 4.98. The van der Waals surface area contributed by atoms with Crippen molar-refractivity contribution in [1.82, 2.24) is 5.32 Å². The fourth-order valence-electron chi connectivity index (χ4n) is 3.35. The number of hydrogen-bond acceptors (Lipinski definition) is 3. The van der Waals surface area contributed by atoms with Crippen LogP contribution in [0.4, 0.5) is 15.8 Å². The van der Waals surface area contributed by atoms with Crippen LogP contribution in [0.5, 0.6) is 0 Å². The van der Waals surface area contributed by atoms with E-state index in [0.29, 0.717) is 23.8 Å². The van der Waals surface area contributed by atoms with Crippen molar-refractivity contribution in [3.63, 3.8) is 0 Å². The fraction of sp³-hybridized carbons (Fsp3) is 0.120. The maximum atomic E-state index is 13.8. The van der Waals surface area contributed by atoms with Gasteiger partial charge in [0.15, 0.2) is 5.11 Å². The molecule has 1 amide bonds. The lowest BCUT2D eigenvalue weighted by molar-refractivity contribution is 0.102. The number of aryl methyl sites for hydroxylation is 1. The van der Waals surface area contributed by atoms with Gasteiger partial charge in [-0.15, -0.1) is 0 Å². The number of carbonyl (C=O) groups is 1. The number of thiocarbonyl (C=S) groups is 1. The van der Waals surface area contributed by atoms with Crippen LogP contribution < -0.4 is 16.0 Å². The summed E-state index contributed by atoms with van der Waals surface area (Å²) in [5, 5.41) is 10.6. The zero-order chi connectivity index (χ0) is 22.5. The Morgan fingerprint density at radius 1 is 1.00 bits per heavy atom. The first-order valence-electron chi connectivity index (χ1n) is 10.2. The van der Waals surface area contributed by atoms with Crippen LogP contribution in [0.25, 0.3) is 11.0 Å². The average molecular weight is 448 g/mol. The van der Waals surface area contributed by atoms with Crippen LogP contribution in [0, 0.1) is 12.7 Å². The SMILES string of the molecule is Cc1cc(NC(=S)NCCc2cc3ccccc3o2)ccc1NC(=O)c1ccccc1F. The summed E-state index contributed by atoms with van der Waals surface area (Å²) < 4.78 is 19.6. The zero-order valence-electron chi connectivity index (χ0n) is 17.4. The van der Waals surface area contributed by atoms with E-state index in [-0.39, 0.29) is 5.56 Å². The molecular formula is C25H22FN3O2S. The van der Waals surface area contributed by atoms with Gasteiger partial charge in [-0.2, -0.15) is 0 Å². The number of amides is 1. The summed E-state index contributed by atoms with van der Waals surface area (Å²) in [7, 11) is 0. The van der Waals surface area contributed by atoms with E-state index in [4.69, 9.17) is 16.6 Å². The van der Waals surface area contributed by atoms with Gasteiger partial charge in [0.2, 0.25) is 0 Å². The van der Waals surface area contributed by atoms with Crippen molar-refractivity contribution < 1.29 is 13.6 Å². The molecule has 3 aromatic carbocycles. The third kappa shape index (κ3) is 5.12. The number of para-hydroxylation sites is 1. The molecule has 5 nitrogen and oxygen atoms in total. The van der Waals surface area contributed by atoms with Crippen LogP contribution in [0.1, 0.15) is 21.7 Å². The Morgan fingerprint density at radius 2 is 1.78 bits per heavy atom. The molecule has 162 valence electrons. The summed E-state index contributed by atoms with van der Waals surface area (Å²) in [5.74, 6) is -0.151. The summed E-state index contributed by atoms with van der Waals surface area (Å²) in [6.45, 7) is 2.49. The van der Waals surface area contributed by atoms with E-state index in [9.17, 15) is 9.18 Å². The van der Waals surface area contributed by atoms with E-state index < -0.39 is 11.7 Å². The molecule has 32 heavy (non-hydrogen) atoms. The predicted octanol–water partition coefficient (Wildman–Crippen LogP) is 5.66. The first-order chi connectivity index (χ1) is 15.5. The lowest BCUT2D eigenvalue weighted by atomic mass is 10.1. The molecule has 0 radical (unpaired) electrons. The lowest BCUT2D eigenvalue weighted by Crippen LogP contribution is -2.30. The number of benzene rings is 3. The molecule has 0 saturated heterocycles. The van der Waals surface area contributed by atoms with E-state index in [1.165, 1.54) is 12.1 Å². The molecule has 1 aromatic heterocycles. The van der Waals surface area contributed by atoms with Crippen LogP contribution in [0.15, 0.2) is 77.2 Å². The van der Waals surface area contributed by atoms with Crippen LogP contribution in [-0.2, 0) is 6.42 Å². The van der Waals surface area contributed by atoms with Crippen molar-refractivity contribution in [1.29, 1.82) is 0 Å². The number of nitrogens with one attached hydrogen (secondary N) is 3. The Hall–Kier alpha value is -3.71. The Bertz CT molecular complexity index is 1250. The highest BCUT2D eigenvalue weighted by molar-refractivity contribution is 7.80. The van der Waals surface area contributed by atoms with Gasteiger partial charge in [-0.05, 0) is 67.2 Å². The number of hydrogen-bond donors (Lipinski definition) is 3. The second kappa shape index (κ2) is 9.62. The molecular weight excluding hydrogens is 425 g/mol. The first-order valence-corrected chi connectivity index (χ1v) is 10.6. The van der Waals surface area contributed by atoms with E-state index >= 15 is 0 Å². The van der Waals surface area contributed by atoms with Crippen LogP contribution in [0.3, 0.4) is 0 Å². The molecule has 4 aromatic rings. The second-order valence-corrected chi connectivity index (χ2v) is 7.75. The highest BCUT2D eigenvalue weighted by atomic mass is 32.1. The third-order valence-corrected chi connectivity index (χ3v) is 5.23. The molecule has 0 unspecified atom stereocenters. The molecule has 3 N–H and O–H groups in total. The average Bonchev–Trinajstić information content (AvgIpc) is 3.18. The van der Waals surface area contributed by atoms with E-state index in [0.717, 1.165) is 28.0 Å². The molecule has 0 saturated carbocycles. The van der Waals surface area contributed by atoms with Crippen molar-refractivity contribution in [3.05, 3.63) is 95.5 Å². The lowest BCUT2D eigenvalue weighted by Gasteiger charge is -2.13. The van der Waals surface area contributed by atoms with Gasteiger partial charge >= 0.3 is 0 Å². The van der Waals surface area contributed by atoms with E-state index in [1.807, 2.05) is 43.3 Å². The minimum absolute atomic E-state index is 0.00364. The number of halogens is 1. The smallest absolute Gasteiger partial charge is 0.258 e. The van der Waals surface area contributed by atoms with Gasteiger partial charge in [0.25, 0.3) is 5.91 Å². The minimum atomic E-state index is -0.556. The molecule has 0 fully saturated rings. The summed E-state index contributed by atoms with van der Waals surface area (Å²) in [6, 6.07) is 21.2. The van der Waals surface area contributed by atoms with E-state index in [1.54, 1.807) is 24.3 Å². The molecule has 0 atom stereocenters. The molecule has 0 bridgehead atoms. The van der Waals surface area contributed by atoms with Crippen molar-refractivity contribution >= 4 is 45.6 Å². The molecule has 0 spiro atoms. The summed E-state index contributed by atoms with van der Waals surface area (Å²) >= 11 is 5.38.